The van der Waals surface area contributed by atoms with Gasteiger partial charge in [0.1, 0.15) is 0 Å². The molecule has 0 radical (unpaired) electrons. The highest BCUT2D eigenvalue weighted by atomic mass is 19.4. The van der Waals surface area contributed by atoms with E-state index in [9.17, 15) is 22.0 Å². The topological polar surface area (TPSA) is 54.2 Å². The largest absolute Gasteiger partial charge is 0.463 e. The third kappa shape index (κ3) is 2.75. The van der Waals surface area contributed by atoms with Crippen LogP contribution in [0.5, 0.6) is 0 Å². The van der Waals surface area contributed by atoms with E-state index in [1.54, 1.807) is 6.92 Å². The highest BCUT2D eigenvalue weighted by Gasteiger charge is 2.63. The first-order valence-electron chi connectivity index (χ1n) is 5.97. The third-order valence-electron chi connectivity index (χ3n) is 3.14. The Labute approximate surface area is 111 Å². The lowest BCUT2D eigenvalue weighted by atomic mass is 10.2. The van der Waals surface area contributed by atoms with Crippen molar-refractivity contribution in [2.75, 3.05) is 26.2 Å². The smallest absolute Gasteiger partial charge is 0.332 e. The van der Waals surface area contributed by atoms with Gasteiger partial charge in [-0.15, -0.1) is 0 Å². The van der Waals surface area contributed by atoms with Gasteiger partial charge in [-0.05, 0) is 6.92 Å². The normalized spacial score (nSPS) is 20.1. The molecule has 0 aliphatic carbocycles. The molecule has 1 N–H and O–H groups in total. The fraction of sp³-hybridized carbons (Fsp3) is 0.800. The molecule has 1 aliphatic rings. The molecule has 0 saturated carbocycles. The minimum atomic E-state index is -5.75. The SMILES string of the molecule is CC(c1noc(C(F)(F)C(F)(F)F)n1)N1CCNCC1. The van der Waals surface area contributed by atoms with Gasteiger partial charge in [0.05, 0.1) is 6.04 Å². The Morgan fingerprint density at radius 2 is 1.80 bits per heavy atom. The summed E-state index contributed by atoms with van der Waals surface area (Å²) in [6, 6.07) is -0.487. The Morgan fingerprint density at radius 1 is 1.20 bits per heavy atom. The van der Waals surface area contributed by atoms with Crippen molar-refractivity contribution < 1.29 is 26.5 Å². The maximum absolute atomic E-state index is 13.0. The van der Waals surface area contributed by atoms with Gasteiger partial charge in [0, 0.05) is 26.2 Å². The molecule has 0 bridgehead atoms. The Balaban J connectivity index is 2.16. The average Bonchev–Trinajstić information content (AvgIpc) is 2.87. The number of nitrogens with one attached hydrogen (secondary N) is 1. The van der Waals surface area contributed by atoms with E-state index in [0.29, 0.717) is 26.2 Å². The molecule has 5 nitrogen and oxygen atoms in total. The van der Waals surface area contributed by atoms with E-state index in [-0.39, 0.29) is 5.82 Å². The zero-order chi connectivity index (χ0) is 15.0. The van der Waals surface area contributed by atoms with Gasteiger partial charge < -0.3 is 9.84 Å². The molecule has 1 aromatic heterocycles. The third-order valence-corrected chi connectivity index (χ3v) is 3.14. The van der Waals surface area contributed by atoms with Gasteiger partial charge in [0.2, 0.25) is 0 Å². The van der Waals surface area contributed by atoms with E-state index in [4.69, 9.17) is 0 Å². The van der Waals surface area contributed by atoms with E-state index in [0.717, 1.165) is 0 Å². The number of alkyl halides is 5. The van der Waals surface area contributed by atoms with Gasteiger partial charge in [0.15, 0.2) is 5.82 Å². The summed E-state index contributed by atoms with van der Waals surface area (Å²) in [5, 5.41) is 6.34. The summed E-state index contributed by atoms with van der Waals surface area (Å²) in [5.41, 5.74) is 0. The minimum absolute atomic E-state index is 0.175. The standard InChI is InChI=1S/C10H13F5N4O/c1-6(19-4-2-16-3-5-19)7-17-8(20-18-7)9(11,12)10(13,14)15/h6,16H,2-5H2,1H3. The van der Waals surface area contributed by atoms with Crippen LogP contribution in [0.2, 0.25) is 0 Å². The van der Waals surface area contributed by atoms with Crippen LogP contribution < -0.4 is 5.32 Å². The number of nitrogens with zero attached hydrogens (tertiary/aromatic N) is 3. The molecule has 1 saturated heterocycles. The average molecular weight is 300 g/mol. The lowest BCUT2D eigenvalue weighted by molar-refractivity contribution is -0.298. The zero-order valence-corrected chi connectivity index (χ0v) is 10.5. The molecule has 114 valence electrons. The molecule has 1 aliphatic heterocycles. The quantitative estimate of drug-likeness (QED) is 0.861. The van der Waals surface area contributed by atoms with Crippen LogP contribution in [0.3, 0.4) is 0 Å². The molecule has 10 heteroatoms. The number of aromatic nitrogens is 2. The van der Waals surface area contributed by atoms with E-state index in [1.807, 2.05) is 4.90 Å². The van der Waals surface area contributed by atoms with Gasteiger partial charge in [-0.3, -0.25) is 4.90 Å². The second-order valence-corrected chi connectivity index (χ2v) is 4.49. The Bertz CT molecular complexity index is 455. The van der Waals surface area contributed by atoms with Crippen LogP contribution in [0.15, 0.2) is 4.52 Å². The molecule has 1 aromatic rings. The molecule has 2 rings (SSSR count). The first-order valence-corrected chi connectivity index (χ1v) is 5.97. The van der Waals surface area contributed by atoms with E-state index >= 15 is 0 Å². The predicted molar refractivity (Wildman–Crippen MR) is 57.1 cm³/mol. The number of hydrogen-bond donors (Lipinski definition) is 1. The molecular weight excluding hydrogens is 287 g/mol. The number of piperazine rings is 1. The predicted octanol–water partition coefficient (Wildman–Crippen LogP) is 1.69. The second kappa shape index (κ2) is 5.24. The van der Waals surface area contributed by atoms with Crippen molar-refractivity contribution in [3.8, 4) is 0 Å². The van der Waals surface area contributed by atoms with Crippen molar-refractivity contribution in [1.82, 2.24) is 20.4 Å². The Kier molecular flexibility index (Phi) is 3.96. The van der Waals surface area contributed by atoms with Crippen molar-refractivity contribution >= 4 is 0 Å². The molecule has 0 spiro atoms. The maximum atomic E-state index is 13.0. The highest BCUT2D eigenvalue weighted by Crippen LogP contribution is 2.43. The first kappa shape index (κ1) is 15.1. The van der Waals surface area contributed by atoms with Crippen molar-refractivity contribution in [2.24, 2.45) is 0 Å². The van der Waals surface area contributed by atoms with E-state index in [1.165, 1.54) is 0 Å². The van der Waals surface area contributed by atoms with E-state index in [2.05, 4.69) is 20.0 Å². The van der Waals surface area contributed by atoms with Gasteiger partial charge in [-0.2, -0.15) is 26.9 Å². The summed E-state index contributed by atoms with van der Waals surface area (Å²) in [5.74, 6) is -7.03. The molecule has 2 heterocycles. The summed E-state index contributed by atoms with van der Waals surface area (Å²) >= 11 is 0. The van der Waals surface area contributed by atoms with Crippen LogP contribution in [-0.2, 0) is 5.92 Å². The van der Waals surface area contributed by atoms with Crippen LogP contribution in [0.4, 0.5) is 22.0 Å². The van der Waals surface area contributed by atoms with Gasteiger partial charge in [-0.25, -0.2) is 0 Å². The minimum Gasteiger partial charge on any atom is -0.332 e. The van der Waals surface area contributed by atoms with Crippen LogP contribution in [-0.4, -0.2) is 47.4 Å². The molecular formula is C10H13F5N4O. The van der Waals surface area contributed by atoms with Crippen LogP contribution in [0, 0.1) is 0 Å². The van der Waals surface area contributed by atoms with Gasteiger partial charge in [0.25, 0.3) is 0 Å². The highest BCUT2D eigenvalue weighted by molar-refractivity contribution is 5.01. The summed E-state index contributed by atoms with van der Waals surface area (Å²) < 4.78 is 66.7. The monoisotopic (exact) mass is 300 g/mol. The van der Waals surface area contributed by atoms with Crippen molar-refractivity contribution in [3.05, 3.63) is 11.7 Å². The van der Waals surface area contributed by atoms with Crippen LogP contribution in [0.25, 0.3) is 0 Å². The molecule has 1 unspecified atom stereocenters. The summed E-state index contributed by atoms with van der Waals surface area (Å²) in [7, 11) is 0. The second-order valence-electron chi connectivity index (χ2n) is 4.49. The Morgan fingerprint density at radius 3 is 2.35 bits per heavy atom. The fourth-order valence-corrected chi connectivity index (χ4v) is 1.89. The van der Waals surface area contributed by atoms with Crippen molar-refractivity contribution in [1.29, 1.82) is 0 Å². The first-order chi connectivity index (χ1) is 9.23. The molecule has 1 atom stereocenters. The zero-order valence-electron chi connectivity index (χ0n) is 10.5. The summed E-state index contributed by atoms with van der Waals surface area (Å²) in [6.45, 7) is 4.29. The number of halogens is 5. The number of hydrogen-bond acceptors (Lipinski definition) is 5. The molecule has 20 heavy (non-hydrogen) atoms. The lowest BCUT2D eigenvalue weighted by Gasteiger charge is -2.30. The van der Waals surface area contributed by atoms with Gasteiger partial charge >= 0.3 is 18.0 Å². The van der Waals surface area contributed by atoms with Crippen LogP contribution in [0.1, 0.15) is 24.7 Å². The lowest BCUT2D eigenvalue weighted by Crippen LogP contribution is -2.44. The van der Waals surface area contributed by atoms with Crippen molar-refractivity contribution in [2.45, 2.75) is 25.1 Å². The number of rotatable bonds is 3. The molecule has 0 aromatic carbocycles. The molecule has 1 fully saturated rings. The summed E-state index contributed by atoms with van der Waals surface area (Å²) in [4.78, 5) is 5.09. The summed E-state index contributed by atoms with van der Waals surface area (Å²) in [6.07, 6.45) is -5.75. The molecule has 0 amide bonds. The maximum Gasteiger partial charge on any atom is 0.463 e. The van der Waals surface area contributed by atoms with E-state index < -0.39 is 24.0 Å². The van der Waals surface area contributed by atoms with Crippen LogP contribution >= 0.6 is 0 Å². The van der Waals surface area contributed by atoms with Gasteiger partial charge in [-0.1, -0.05) is 5.16 Å². The fourth-order valence-electron chi connectivity index (χ4n) is 1.89. The Hall–Kier alpha value is -1.29. The van der Waals surface area contributed by atoms with Crippen molar-refractivity contribution in [3.63, 3.8) is 0 Å².